The van der Waals surface area contributed by atoms with Crippen LogP contribution in [0.15, 0.2) is 54.6 Å². The fourth-order valence-corrected chi connectivity index (χ4v) is 2.58. The number of hydrogen-bond donors (Lipinski definition) is 2. The first-order chi connectivity index (χ1) is 12.7. The lowest BCUT2D eigenvalue weighted by atomic mass is 10.1. The van der Waals surface area contributed by atoms with Crippen molar-refractivity contribution in [1.29, 1.82) is 0 Å². The first-order valence-electron chi connectivity index (χ1n) is 8.30. The summed E-state index contributed by atoms with van der Waals surface area (Å²) in [6, 6.07) is 16.9. The van der Waals surface area contributed by atoms with Gasteiger partial charge in [0.2, 0.25) is 0 Å². The summed E-state index contributed by atoms with van der Waals surface area (Å²) >= 11 is 0. The lowest BCUT2D eigenvalue weighted by molar-refractivity contribution is -0.124. The van der Waals surface area contributed by atoms with Crippen LogP contribution in [0, 0.1) is 0 Å². The van der Waals surface area contributed by atoms with E-state index in [0.29, 0.717) is 18.7 Å². The molecular weight excluding hydrogens is 332 g/mol. The van der Waals surface area contributed by atoms with Crippen LogP contribution in [0.2, 0.25) is 0 Å². The van der Waals surface area contributed by atoms with Gasteiger partial charge in [-0.1, -0.05) is 30.3 Å². The number of methoxy groups -OCH3 is 1. The molecule has 0 bridgehead atoms. The van der Waals surface area contributed by atoms with Gasteiger partial charge in [0.1, 0.15) is 11.4 Å². The molecule has 0 unspecified atom stereocenters. The molecule has 1 heterocycles. The first kappa shape index (κ1) is 17.5. The van der Waals surface area contributed by atoms with E-state index in [9.17, 15) is 9.59 Å². The third kappa shape index (κ3) is 4.42. The molecule has 1 aromatic heterocycles. The van der Waals surface area contributed by atoms with Gasteiger partial charge in [0.15, 0.2) is 6.61 Å². The number of H-pyrrole nitrogens is 1. The van der Waals surface area contributed by atoms with Crippen LogP contribution in [0.25, 0.3) is 10.9 Å². The second-order valence-corrected chi connectivity index (χ2v) is 5.79. The number of aromatic nitrogens is 1. The number of carbonyl (C=O) groups is 2. The molecule has 2 aromatic carbocycles. The van der Waals surface area contributed by atoms with Crippen LogP contribution in [0.5, 0.6) is 5.75 Å². The molecule has 0 spiro atoms. The van der Waals surface area contributed by atoms with Gasteiger partial charge in [-0.25, -0.2) is 4.79 Å². The minimum Gasteiger partial charge on any atom is -0.497 e. The Morgan fingerprint density at radius 2 is 1.85 bits per heavy atom. The summed E-state index contributed by atoms with van der Waals surface area (Å²) in [5, 5.41) is 3.66. The van der Waals surface area contributed by atoms with Crippen molar-refractivity contribution in [3.63, 3.8) is 0 Å². The predicted molar refractivity (Wildman–Crippen MR) is 98.3 cm³/mol. The Kier molecular flexibility index (Phi) is 5.53. The van der Waals surface area contributed by atoms with E-state index >= 15 is 0 Å². The average molecular weight is 352 g/mol. The summed E-state index contributed by atoms with van der Waals surface area (Å²) in [6.45, 7) is 0.159. The lowest BCUT2D eigenvalue weighted by Gasteiger charge is -2.07. The highest BCUT2D eigenvalue weighted by Crippen LogP contribution is 2.15. The maximum atomic E-state index is 12.0. The summed E-state index contributed by atoms with van der Waals surface area (Å²) in [6.07, 6.45) is 0.686. The van der Waals surface area contributed by atoms with Gasteiger partial charge in [-0.3, -0.25) is 4.79 Å². The zero-order valence-electron chi connectivity index (χ0n) is 14.5. The number of carbonyl (C=O) groups excluding carboxylic acids is 2. The van der Waals surface area contributed by atoms with Crippen LogP contribution < -0.4 is 10.1 Å². The zero-order valence-corrected chi connectivity index (χ0v) is 14.5. The molecule has 1 amide bonds. The quantitative estimate of drug-likeness (QED) is 0.641. The maximum absolute atomic E-state index is 12.0. The summed E-state index contributed by atoms with van der Waals surface area (Å²) in [5.41, 5.74) is 2.27. The van der Waals surface area contributed by atoms with Crippen LogP contribution in [-0.4, -0.2) is 37.1 Å². The highest BCUT2D eigenvalue weighted by molar-refractivity contribution is 5.95. The topological polar surface area (TPSA) is 80.4 Å². The van der Waals surface area contributed by atoms with Gasteiger partial charge in [-0.15, -0.1) is 0 Å². The molecule has 0 aliphatic carbocycles. The first-order valence-corrected chi connectivity index (χ1v) is 8.30. The van der Waals surface area contributed by atoms with Gasteiger partial charge in [-0.05, 0) is 36.2 Å². The molecule has 2 N–H and O–H groups in total. The molecule has 0 radical (unpaired) electrons. The van der Waals surface area contributed by atoms with Gasteiger partial charge in [0.25, 0.3) is 5.91 Å². The van der Waals surface area contributed by atoms with E-state index < -0.39 is 5.97 Å². The van der Waals surface area contributed by atoms with E-state index in [1.54, 1.807) is 13.2 Å². The van der Waals surface area contributed by atoms with Gasteiger partial charge >= 0.3 is 5.97 Å². The number of para-hydroxylation sites is 1. The molecule has 0 atom stereocenters. The molecule has 26 heavy (non-hydrogen) atoms. The smallest absolute Gasteiger partial charge is 0.355 e. The summed E-state index contributed by atoms with van der Waals surface area (Å²) in [5.74, 6) is -0.0869. The molecule has 3 aromatic rings. The molecule has 0 saturated heterocycles. The van der Waals surface area contributed by atoms with Crippen molar-refractivity contribution in [2.24, 2.45) is 0 Å². The minimum absolute atomic E-state index is 0.309. The van der Waals surface area contributed by atoms with E-state index in [1.165, 1.54) is 0 Å². The molecule has 0 aliphatic rings. The van der Waals surface area contributed by atoms with Gasteiger partial charge in [-0.2, -0.15) is 0 Å². The fraction of sp³-hybridized carbons (Fsp3) is 0.200. The van der Waals surface area contributed by atoms with Crippen molar-refractivity contribution in [2.45, 2.75) is 6.42 Å². The van der Waals surface area contributed by atoms with Crippen molar-refractivity contribution < 1.29 is 19.1 Å². The number of hydrogen-bond acceptors (Lipinski definition) is 4. The van der Waals surface area contributed by atoms with Gasteiger partial charge in [0, 0.05) is 17.4 Å². The predicted octanol–water partition coefficient (Wildman–Crippen LogP) is 2.69. The molecule has 0 fully saturated rings. The normalized spacial score (nSPS) is 10.5. The summed E-state index contributed by atoms with van der Waals surface area (Å²) in [4.78, 5) is 26.8. The van der Waals surface area contributed by atoms with E-state index in [2.05, 4.69) is 10.3 Å². The summed E-state index contributed by atoms with van der Waals surface area (Å²) < 4.78 is 10.2. The number of ether oxygens (including phenoxy) is 2. The maximum Gasteiger partial charge on any atom is 0.355 e. The molecule has 134 valence electrons. The van der Waals surface area contributed by atoms with Gasteiger partial charge < -0.3 is 19.8 Å². The summed E-state index contributed by atoms with van der Waals surface area (Å²) in [7, 11) is 1.62. The molecule has 6 heteroatoms. The molecular formula is C20H20N2O4. The van der Waals surface area contributed by atoms with Crippen LogP contribution in [0.3, 0.4) is 0 Å². The zero-order chi connectivity index (χ0) is 18.4. The average Bonchev–Trinajstić information content (AvgIpc) is 3.11. The number of esters is 1. The molecule has 6 nitrogen and oxygen atoms in total. The highest BCUT2D eigenvalue weighted by atomic mass is 16.5. The van der Waals surface area contributed by atoms with E-state index in [1.807, 2.05) is 48.5 Å². The second kappa shape index (κ2) is 8.20. The van der Waals surface area contributed by atoms with Crippen LogP contribution in [0.4, 0.5) is 0 Å². The van der Waals surface area contributed by atoms with Crippen LogP contribution in [0.1, 0.15) is 16.1 Å². The largest absolute Gasteiger partial charge is 0.497 e. The van der Waals surface area contributed by atoms with Crippen LogP contribution >= 0.6 is 0 Å². The third-order valence-corrected chi connectivity index (χ3v) is 3.98. The Bertz CT molecular complexity index is 867. The highest BCUT2D eigenvalue weighted by Gasteiger charge is 2.12. The Balaban J connectivity index is 1.42. The lowest BCUT2D eigenvalue weighted by Crippen LogP contribution is -2.30. The van der Waals surface area contributed by atoms with E-state index in [4.69, 9.17) is 9.47 Å². The number of benzene rings is 2. The van der Waals surface area contributed by atoms with Crippen molar-refractivity contribution in [2.75, 3.05) is 20.3 Å². The third-order valence-electron chi connectivity index (χ3n) is 3.98. The van der Waals surface area contributed by atoms with Crippen molar-refractivity contribution in [3.05, 3.63) is 65.9 Å². The Morgan fingerprint density at radius 3 is 2.58 bits per heavy atom. The van der Waals surface area contributed by atoms with Crippen LogP contribution in [-0.2, 0) is 16.0 Å². The van der Waals surface area contributed by atoms with Gasteiger partial charge in [0.05, 0.1) is 7.11 Å². The SMILES string of the molecule is COc1ccc(CCNC(=O)COC(=O)c2cc3ccccc3[nH]2)cc1. The molecule has 0 aliphatic heterocycles. The number of amides is 1. The monoisotopic (exact) mass is 352 g/mol. The molecule has 3 rings (SSSR count). The second-order valence-electron chi connectivity index (χ2n) is 5.79. The number of nitrogens with one attached hydrogen (secondary N) is 2. The van der Waals surface area contributed by atoms with E-state index in [-0.39, 0.29) is 12.5 Å². The Hall–Kier alpha value is -3.28. The van der Waals surface area contributed by atoms with Crippen molar-refractivity contribution >= 4 is 22.8 Å². The minimum atomic E-state index is -0.550. The number of rotatable bonds is 7. The van der Waals surface area contributed by atoms with Crippen molar-refractivity contribution in [3.8, 4) is 5.75 Å². The van der Waals surface area contributed by atoms with E-state index in [0.717, 1.165) is 22.2 Å². The number of fused-ring (bicyclic) bond motifs is 1. The Morgan fingerprint density at radius 1 is 1.08 bits per heavy atom. The fourth-order valence-electron chi connectivity index (χ4n) is 2.58. The standard InChI is InChI=1S/C20H20N2O4/c1-25-16-8-6-14(7-9-16)10-11-21-19(23)13-26-20(24)18-12-15-4-2-3-5-17(15)22-18/h2-9,12,22H,10-11,13H2,1H3,(H,21,23). The Labute approximate surface area is 151 Å². The number of aromatic amines is 1. The molecule has 0 saturated carbocycles. The van der Waals surface area contributed by atoms with Crippen molar-refractivity contribution in [1.82, 2.24) is 10.3 Å².